The molecule has 2 aliphatic rings. The first-order chi connectivity index (χ1) is 14.7. The van der Waals surface area contributed by atoms with Gasteiger partial charge in [0.05, 0.1) is 0 Å². The van der Waals surface area contributed by atoms with E-state index < -0.39 is 0 Å². The highest BCUT2D eigenvalue weighted by atomic mass is 15.1. The van der Waals surface area contributed by atoms with E-state index in [-0.39, 0.29) is 0 Å². The Kier molecular flexibility index (Phi) is 5.16. The lowest BCUT2D eigenvalue weighted by atomic mass is 10.0. The van der Waals surface area contributed by atoms with Crippen molar-refractivity contribution in [3.63, 3.8) is 0 Å². The molecule has 1 saturated heterocycles. The lowest BCUT2D eigenvalue weighted by Crippen LogP contribution is -2.18. The SMILES string of the molecule is C=C(Nc1cc2cc(C3=CN=CC3)ccc2cn1)c1cccc(CN2CCCC2)c1. The molecule has 2 aromatic carbocycles. The Hall–Kier alpha value is -3.24. The van der Waals surface area contributed by atoms with Gasteiger partial charge in [-0.1, -0.05) is 36.9 Å². The lowest BCUT2D eigenvalue weighted by molar-refractivity contribution is 0.331. The van der Waals surface area contributed by atoms with E-state index in [0.29, 0.717) is 0 Å². The molecule has 3 aromatic rings. The molecule has 30 heavy (non-hydrogen) atoms. The molecule has 150 valence electrons. The summed E-state index contributed by atoms with van der Waals surface area (Å²) in [5, 5.41) is 5.69. The fourth-order valence-electron chi connectivity index (χ4n) is 4.23. The molecule has 0 atom stereocenters. The first-order valence-corrected chi connectivity index (χ1v) is 10.6. The van der Waals surface area contributed by atoms with Gasteiger partial charge >= 0.3 is 0 Å². The predicted octanol–water partition coefficient (Wildman–Crippen LogP) is 5.73. The Morgan fingerprint density at radius 1 is 1.03 bits per heavy atom. The molecule has 0 amide bonds. The van der Waals surface area contributed by atoms with Crippen LogP contribution in [0.2, 0.25) is 0 Å². The Balaban J connectivity index is 1.33. The van der Waals surface area contributed by atoms with Crippen LogP contribution in [-0.2, 0) is 6.54 Å². The van der Waals surface area contributed by atoms with Crippen LogP contribution < -0.4 is 5.32 Å². The van der Waals surface area contributed by atoms with Gasteiger partial charge in [-0.2, -0.15) is 0 Å². The minimum atomic E-state index is 0.811. The summed E-state index contributed by atoms with van der Waals surface area (Å²) in [7, 11) is 0. The fraction of sp³-hybridized carbons (Fsp3) is 0.231. The number of aromatic nitrogens is 1. The van der Waals surface area contributed by atoms with Crippen LogP contribution in [0.15, 0.2) is 72.5 Å². The summed E-state index contributed by atoms with van der Waals surface area (Å²) in [6.45, 7) is 7.68. The average molecular weight is 395 g/mol. The second-order valence-corrected chi connectivity index (χ2v) is 8.11. The highest BCUT2D eigenvalue weighted by molar-refractivity contribution is 5.91. The topological polar surface area (TPSA) is 40.5 Å². The van der Waals surface area contributed by atoms with Crippen LogP contribution in [-0.4, -0.2) is 29.2 Å². The molecular formula is C26H26N4. The van der Waals surface area contributed by atoms with E-state index in [2.05, 4.69) is 75.3 Å². The summed E-state index contributed by atoms with van der Waals surface area (Å²) in [4.78, 5) is 11.3. The van der Waals surface area contributed by atoms with Crippen molar-refractivity contribution in [2.24, 2.45) is 4.99 Å². The molecule has 0 bridgehead atoms. The number of rotatable bonds is 6. The molecular weight excluding hydrogens is 368 g/mol. The maximum Gasteiger partial charge on any atom is 0.130 e. The van der Waals surface area contributed by atoms with Crippen molar-refractivity contribution < 1.29 is 0 Å². The van der Waals surface area contributed by atoms with Gasteiger partial charge in [-0.05, 0) is 71.8 Å². The van der Waals surface area contributed by atoms with E-state index >= 15 is 0 Å². The summed E-state index contributed by atoms with van der Waals surface area (Å²) in [6.07, 6.45) is 9.32. The van der Waals surface area contributed by atoms with E-state index in [1.54, 1.807) is 0 Å². The Morgan fingerprint density at radius 2 is 1.93 bits per heavy atom. The van der Waals surface area contributed by atoms with E-state index in [4.69, 9.17) is 0 Å². The number of likely N-dealkylation sites (tertiary alicyclic amines) is 1. The molecule has 4 heteroatoms. The minimum absolute atomic E-state index is 0.811. The van der Waals surface area contributed by atoms with Gasteiger partial charge in [0.1, 0.15) is 5.82 Å². The number of nitrogens with zero attached hydrogens (tertiary/aromatic N) is 3. The predicted molar refractivity (Wildman–Crippen MR) is 126 cm³/mol. The van der Waals surface area contributed by atoms with Gasteiger partial charge < -0.3 is 5.32 Å². The Bertz CT molecular complexity index is 1150. The van der Waals surface area contributed by atoms with Crippen molar-refractivity contribution in [1.29, 1.82) is 0 Å². The molecule has 1 aromatic heterocycles. The number of aliphatic imine (C=N–C) groups is 1. The van der Waals surface area contributed by atoms with E-state index in [1.165, 1.54) is 42.6 Å². The van der Waals surface area contributed by atoms with Gasteiger partial charge in [0.25, 0.3) is 0 Å². The van der Waals surface area contributed by atoms with E-state index in [9.17, 15) is 0 Å². The van der Waals surface area contributed by atoms with Crippen LogP contribution in [0, 0.1) is 0 Å². The number of hydrogen-bond donors (Lipinski definition) is 1. The lowest BCUT2D eigenvalue weighted by Gasteiger charge is -2.16. The largest absolute Gasteiger partial charge is 0.340 e. The smallest absolute Gasteiger partial charge is 0.130 e. The van der Waals surface area contributed by atoms with Crippen LogP contribution in [0.3, 0.4) is 0 Å². The normalized spacial score (nSPS) is 16.2. The number of nitrogens with one attached hydrogen (secondary N) is 1. The first-order valence-electron chi connectivity index (χ1n) is 10.6. The quantitative estimate of drug-likeness (QED) is 0.580. The van der Waals surface area contributed by atoms with Crippen molar-refractivity contribution in [3.05, 3.63) is 84.2 Å². The molecule has 5 rings (SSSR count). The molecule has 1 fully saturated rings. The summed E-state index contributed by atoms with van der Waals surface area (Å²) < 4.78 is 0. The molecule has 3 heterocycles. The zero-order valence-corrected chi connectivity index (χ0v) is 17.1. The fourth-order valence-corrected chi connectivity index (χ4v) is 4.23. The van der Waals surface area contributed by atoms with Crippen molar-refractivity contribution in [2.75, 3.05) is 18.4 Å². The van der Waals surface area contributed by atoms with Gasteiger partial charge in [0.15, 0.2) is 0 Å². The monoisotopic (exact) mass is 394 g/mol. The van der Waals surface area contributed by atoms with Crippen molar-refractivity contribution in [1.82, 2.24) is 9.88 Å². The third-order valence-electron chi connectivity index (χ3n) is 5.90. The molecule has 0 saturated carbocycles. The van der Waals surface area contributed by atoms with Gasteiger partial charge in [0.2, 0.25) is 0 Å². The van der Waals surface area contributed by atoms with Crippen molar-refractivity contribution >= 4 is 34.1 Å². The maximum absolute atomic E-state index is 4.59. The average Bonchev–Trinajstić information content (AvgIpc) is 3.48. The second-order valence-electron chi connectivity index (χ2n) is 8.11. The minimum Gasteiger partial charge on any atom is -0.340 e. The maximum atomic E-state index is 4.59. The van der Waals surface area contributed by atoms with Gasteiger partial charge in [-0.15, -0.1) is 0 Å². The zero-order chi connectivity index (χ0) is 20.3. The molecule has 1 N–H and O–H groups in total. The van der Waals surface area contributed by atoms with Gasteiger partial charge in [0, 0.05) is 42.7 Å². The Morgan fingerprint density at radius 3 is 2.77 bits per heavy atom. The van der Waals surface area contributed by atoms with E-state index in [0.717, 1.165) is 40.8 Å². The standard InChI is InChI=1S/C26H26N4/c1-19(21-6-4-5-20(13-21)18-30-11-2-3-12-30)29-26-15-25-14-22(24-9-10-27-16-24)7-8-23(25)17-28-26/h4-8,10,13-17H,1-3,9,11-12,18H2,(H,28,29). The second kappa shape index (κ2) is 8.25. The summed E-state index contributed by atoms with van der Waals surface area (Å²) >= 11 is 0. The highest BCUT2D eigenvalue weighted by Gasteiger charge is 2.12. The summed E-state index contributed by atoms with van der Waals surface area (Å²) in [6, 6.07) is 17.2. The van der Waals surface area contributed by atoms with Gasteiger partial charge in [-0.3, -0.25) is 9.89 Å². The molecule has 0 radical (unpaired) electrons. The number of benzene rings is 2. The van der Waals surface area contributed by atoms with Crippen LogP contribution >= 0.6 is 0 Å². The number of anilines is 1. The third-order valence-corrected chi connectivity index (χ3v) is 5.90. The number of fused-ring (bicyclic) bond motifs is 1. The van der Waals surface area contributed by atoms with Crippen LogP contribution in [0.4, 0.5) is 5.82 Å². The number of allylic oxidation sites excluding steroid dienone is 1. The van der Waals surface area contributed by atoms with Crippen molar-refractivity contribution in [2.45, 2.75) is 25.8 Å². The third kappa shape index (κ3) is 4.05. The van der Waals surface area contributed by atoms with Gasteiger partial charge in [-0.25, -0.2) is 4.98 Å². The summed E-state index contributed by atoms with van der Waals surface area (Å²) in [5.74, 6) is 0.811. The molecule has 0 aliphatic carbocycles. The number of pyridine rings is 1. The number of hydrogen-bond acceptors (Lipinski definition) is 4. The summed E-state index contributed by atoms with van der Waals surface area (Å²) in [5.41, 5.74) is 5.78. The molecule has 0 spiro atoms. The first kappa shape index (κ1) is 18.8. The Labute approximate surface area is 177 Å². The van der Waals surface area contributed by atoms with Crippen LogP contribution in [0.1, 0.15) is 36.0 Å². The highest BCUT2D eigenvalue weighted by Crippen LogP contribution is 2.27. The van der Waals surface area contributed by atoms with Crippen LogP contribution in [0.25, 0.3) is 22.0 Å². The van der Waals surface area contributed by atoms with E-state index in [1.807, 2.05) is 18.6 Å². The van der Waals surface area contributed by atoms with Crippen LogP contribution in [0.5, 0.6) is 0 Å². The molecule has 0 unspecified atom stereocenters. The van der Waals surface area contributed by atoms with Crippen molar-refractivity contribution in [3.8, 4) is 0 Å². The zero-order valence-electron chi connectivity index (χ0n) is 17.1. The molecule has 2 aliphatic heterocycles. The molecule has 4 nitrogen and oxygen atoms in total.